The van der Waals surface area contributed by atoms with Crippen LogP contribution in [0, 0.1) is 5.92 Å². The minimum Gasteiger partial charge on any atom is -0.381 e. The Bertz CT molecular complexity index is 141. The van der Waals surface area contributed by atoms with Gasteiger partial charge in [0.05, 0.1) is 0 Å². The van der Waals surface area contributed by atoms with Gasteiger partial charge in [-0.1, -0.05) is 38.8 Å². The molecule has 2 nitrogen and oxygen atoms in total. The molecule has 0 aromatic rings. The molecule has 0 aromatic carbocycles. The Labute approximate surface area is 129 Å². The SMILES string of the molecule is CC(CCOCCCCBr)CCOCCCCBr. The zero-order valence-electron chi connectivity index (χ0n) is 11.6. The Kier molecular flexibility index (Phi) is 16.7. The van der Waals surface area contributed by atoms with Crippen molar-refractivity contribution in [1.82, 2.24) is 0 Å². The molecule has 0 spiro atoms. The van der Waals surface area contributed by atoms with E-state index in [-0.39, 0.29) is 0 Å². The van der Waals surface area contributed by atoms with Crippen LogP contribution in [0.15, 0.2) is 0 Å². The van der Waals surface area contributed by atoms with Crippen LogP contribution in [0.5, 0.6) is 0 Å². The van der Waals surface area contributed by atoms with E-state index in [0.29, 0.717) is 5.92 Å². The molecular formula is C14H28Br2O2. The number of halogens is 2. The van der Waals surface area contributed by atoms with Gasteiger partial charge in [-0.25, -0.2) is 0 Å². The van der Waals surface area contributed by atoms with E-state index in [1.54, 1.807) is 0 Å². The molecule has 0 heterocycles. The third-order valence-electron chi connectivity index (χ3n) is 2.85. The molecule has 0 unspecified atom stereocenters. The molecule has 0 radical (unpaired) electrons. The normalized spacial score (nSPS) is 11.3. The van der Waals surface area contributed by atoms with Gasteiger partial charge in [0.2, 0.25) is 0 Å². The van der Waals surface area contributed by atoms with E-state index < -0.39 is 0 Å². The van der Waals surface area contributed by atoms with Gasteiger partial charge in [-0.05, 0) is 44.4 Å². The number of ether oxygens (including phenoxy) is 2. The first kappa shape index (κ1) is 18.9. The van der Waals surface area contributed by atoms with E-state index in [4.69, 9.17) is 9.47 Å². The molecule has 0 rings (SSSR count). The summed E-state index contributed by atoms with van der Waals surface area (Å²) in [5.74, 6) is 0.706. The lowest BCUT2D eigenvalue weighted by Gasteiger charge is -2.11. The standard InChI is InChI=1S/C14H28Br2O2/c1-14(6-12-17-10-4-2-8-15)7-13-18-11-5-3-9-16/h14H,2-13H2,1H3. The van der Waals surface area contributed by atoms with Crippen molar-refractivity contribution in [2.75, 3.05) is 37.1 Å². The van der Waals surface area contributed by atoms with Crippen LogP contribution in [-0.4, -0.2) is 37.1 Å². The fraction of sp³-hybridized carbons (Fsp3) is 1.00. The summed E-state index contributed by atoms with van der Waals surface area (Å²) in [6, 6.07) is 0. The van der Waals surface area contributed by atoms with Crippen LogP contribution in [0.25, 0.3) is 0 Å². The van der Waals surface area contributed by atoms with E-state index in [9.17, 15) is 0 Å². The Balaban J connectivity index is 3.10. The highest BCUT2D eigenvalue weighted by molar-refractivity contribution is 9.09. The number of alkyl halides is 2. The minimum atomic E-state index is 0.706. The van der Waals surface area contributed by atoms with Crippen LogP contribution in [0.1, 0.15) is 45.4 Å². The average molecular weight is 388 g/mol. The monoisotopic (exact) mass is 386 g/mol. The molecule has 0 saturated carbocycles. The Hall–Kier alpha value is 0.880. The summed E-state index contributed by atoms with van der Waals surface area (Å²) in [7, 11) is 0. The van der Waals surface area contributed by atoms with Gasteiger partial charge in [-0.15, -0.1) is 0 Å². The minimum absolute atomic E-state index is 0.706. The summed E-state index contributed by atoms with van der Waals surface area (Å²) in [4.78, 5) is 0. The molecule has 0 fully saturated rings. The summed E-state index contributed by atoms with van der Waals surface area (Å²) in [5, 5.41) is 2.17. The lowest BCUT2D eigenvalue weighted by Crippen LogP contribution is -2.07. The van der Waals surface area contributed by atoms with Gasteiger partial charge in [0.15, 0.2) is 0 Å². The summed E-state index contributed by atoms with van der Waals surface area (Å²) in [5.41, 5.74) is 0. The van der Waals surface area contributed by atoms with Crippen molar-refractivity contribution in [1.29, 1.82) is 0 Å². The van der Waals surface area contributed by atoms with Gasteiger partial charge in [0.25, 0.3) is 0 Å². The molecule has 0 aliphatic rings. The molecule has 0 amide bonds. The molecule has 18 heavy (non-hydrogen) atoms. The quantitative estimate of drug-likeness (QED) is 0.315. The predicted octanol–water partition coefficient (Wildman–Crippen LogP) is 4.79. The Morgan fingerprint density at radius 3 is 1.56 bits per heavy atom. The lowest BCUT2D eigenvalue weighted by atomic mass is 10.1. The van der Waals surface area contributed by atoms with Crippen LogP contribution in [-0.2, 0) is 9.47 Å². The van der Waals surface area contributed by atoms with E-state index in [1.165, 1.54) is 12.8 Å². The van der Waals surface area contributed by atoms with Gasteiger partial charge in [-0.3, -0.25) is 0 Å². The zero-order chi connectivity index (χ0) is 13.5. The second kappa shape index (κ2) is 15.9. The topological polar surface area (TPSA) is 18.5 Å². The third kappa shape index (κ3) is 14.9. The smallest absolute Gasteiger partial charge is 0.0468 e. The molecular weight excluding hydrogens is 360 g/mol. The van der Waals surface area contributed by atoms with Gasteiger partial charge in [0, 0.05) is 37.1 Å². The van der Waals surface area contributed by atoms with E-state index in [2.05, 4.69) is 38.8 Å². The van der Waals surface area contributed by atoms with E-state index >= 15 is 0 Å². The van der Waals surface area contributed by atoms with Crippen molar-refractivity contribution in [3.05, 3.63) is 0 Å². The highest BCUT2D eigenvalue weighted by Crippen LogP contribution is 2.08. The van der Waals surface area contributed by atoms with Gasteiger partial charge < -0.3 is 9.47 Å². The van der Waals surface area contributed by atoms with Gasteiger partial charge in [0.1, 0.15) is 0 Å². The first-order chi connectivity index (χ1) is 8.81. The van der Waals surface area contributed by atoms with Crippen molar-refractivity contribution in [2.45, 2.75) is 45.4 Å². The van der Waals surface area contributed by atoms with Crippen LogP contribution in [0.3, 0.4) is 0 Å². The van der Waals surface area contributed by atoms with Gasteiger partial charge in [-0.2, -0.15) is 0 Å². The highest BCUT2D eigenvalue weighted by atomic mass is 79.9. The van der Waals surface area contributed by atoms with Crippen LogP contribution in [0.2, 0.25) is 0 Å². The molecule has 4 heteroatoms. The van der Waals surface area contributed by atoms with Crippen molar-refractivity contribution in [3.8, 4) is 0 Å². The maximum Gasteiger partial charge on any atom is 0.0468 e. The molecule has 0 aliphatic carbocycles. The number of unbranched alkanes of at least 4 members (excludes halogenated alkanes) is 2. The lowest BCUT2D eigenvalue weighted by molar-refractivity contribution is 0.0974. The Morgan fingerprint density at radius 2 is 1.17 bits per heavy atom. The fourth-order valence-corrected chi connectivity index (χ4v) is 2.31. The maximum atomic E-state index is 5.60. The third-order valence-corrected chi connectivity index (χ3v) is 3.98. The second-order valence-corrected chi connectivity index (χ2v) is 6.29. The molecule has 0 aliphatic heterocycles. The Morgan fingerprint density at radius 1 is 0.722 bits per heavy atom. The van der Waals surface area contributed by atoms with Crippen molar-refractivity contribution in [3.63, 3.8) is 0 Å². The maximum absolute atomic E-state index is 5.60. The number of rotatable bonds is 14. The average Bonchev–Trinajstić information content (AvgIpc) is 2.38. The number of hydrogen-bond acceptors (Lipinski definition) is 2. The summed E-state index contributed by atoms with van der Waals surface area (Å²) >= 11 is 6.84. The zero-order valence-corrected chi connectivity index (χ0v) is 14.8. The van der Waals surface area contributed by atoms with E-state index in [0.717, 1.165) is 62.8 Å². The summed E-state index contributed by atoms with van der Waals surface area (Å²) < 4.78 is 11.2. The highest BCUT2D eigenvalue weighted by Gasteiger charge is 2.02. The first-order valence-electron chi connectivity index (χ1n) is 7.08. The summed E-state index contributed by atoms with van der Waals surface area (Å²) in [6.07, 6.45) is 7.04. The molecule has 0 N–H and O–H groups in total. The largest absolute Gasteiger partial charge is 0.381 e. The second-order valence-electron chi connectivity index (χ2n) is 4.70. The van der Waals surface area contributed by atoms with Crippen molar-refractivity contribution in [2.24, 2.45) is 5.92 Å². The first-order valence-corrected chi connectivity index (χ1v) is 9.33. The molecule has 0 aromatic heterocycles. The molecule has 0 atom stereocenters. The predicted molar refractivity (Wildman–Crippen MR) is 86.1 cm³/mol. The van der Waals surface area contributed by atoms with Crippen LogP contribution in [0.4, 0.5) is 0 Å². The van der Waals surface area contributed by atoms with Crippen LogP contribution >= 0.6 is 31.9 Å². The van der Waals surface area contributed by atoms with Crippen molar-refractivity contribution >= 4 is 31.9 Å². The van der Waals surface area contributed by atoms with Crippen molar-refractivity contribution < 1.29 is 9.47 Å². The number of hydrogen-bond donors (Lipinski definition) is 0. The molecule has 110 valence electrons. The fourth-order valence-electron chi connectivity index (χ4n) is 1.51. The van der Waals surface area contributed by atoms with E-state index in [1.807, 2.05) is 0 Å². The molecule has 0 saturated heterocycles. The molecule has 0 bridgehead atoms. The van der Waals surface area contributed by atoms with Crippen LogP contribution < -0.4 is 0 Å². The van der Waals surface area contributed by atoms with Gasteiger partial charge >= 0.3 is 0 Å². The summed E-state index contributed by atoms with van der Waals surface area (Å²) in [6.45, 7) is 5.88.